The lowest BCUT2D eigenvalue weighted by atomic mass is 10.0. The van der Waals surface area contributed by atoms with Crippen molar-refractivity contribution in [2.45, 2.75) is 122 Å². The van der Waals surface area contributed by atoms with Crippen LogP contribution in [0, 0.1) is 0 Å². The summed E-state index contributed by atoms with van der Waals surface area (Å²) >= 11 is 0. The summed E-state index contributed by atoms with van der Waals surface area (Å²) in [6.45, 7) is 2.13. The minimum Gasteiger partial charge on any atom is -0.393 e. The standard InChI is InChI=1S/C24H51O7P/c1-3-4-5-6-7-8-9-10-11-12-13-14-15-16-17-18-19-30-21-23(29-2)22-31-32(27,28)24(26)20-25/h23-26H,3-22H2,1-2H3,(H,27,28)/t23-,24?/m1/s1. The Morgan fingerprint density at radius 2 is 1.19 bits per heavy atom. The molecule has 0 radical (unpaired) electrons. The highest BCUT2D eigenvalue weighted by Gasteiger charge is 2.31. The third-order valence-corrected chi connectivity index (χ3v) is 7.20. The topological polar surface area (TPSA) is 105 Å². The summed E-state index contributed by atoms with van der Waals surface area (Å²) in [6.07, 6.45) is 20.8. The summed E-state index contributed by atoms with van der Waals surface area (Å²) in [7, 11) is -2.79. The van der Waals surface area contributed by atoms with Crippen LogP contribution in [0.3, 0.4) is 0 Å². The van der Waals surface area contributed by atoms with E-state index in [-0.39, 0.29) is 13.2 Å². The maximum atomic E-state index is 11.6. The molecule has 0 aliphatic heterocycles. The van der Waals surface area contributed by atoms with E-state index < -0.39 is 26.2 Å². The Bertz CT molecular complexity index is 437. The summed E-state index contributed by atoms with van der Waals surface area (Å²) in [5.74, 6) is -1.80. The van der Waals surface area contributed by atoms with E-state index in [4.69, 9.17) is 19.1 Å². The number of hydrogen-bond acceptors (Lipinski definition) is 6. The molecule has 3 N–H and O–H groups in total. The number of aliphatic hydroxyl groups excluding tert-OH is 2. The lowest BCUT2D eigenvalue weighted by Crippen LogP contribution is -2.26. The first-order valence-electron chi connectivity index (χ1n) is 12.8. The molecule has 2 unspecified atom stereocenters. The van der Waals surface area contributed by atoms with Gasteiger partial charge in [-0.3, -0.25) is 4.57 Å². The maximum Gasteiger partial charge on any atom is 0.358 e. The van der Waals surface area contributed by atoms with Crippen LogP contribution in [0.5, 0.6) is 0 Å². The Hall–Kier alpha value is -0.0100. The summed E-state index contributed by atoms with van der Waals surface area (Å²) in [4.78, 5) is 9.48. The van der Waals surface area contributed by atoms with Crippen LogP contribution < -0.4 is 0 Å². The second-order valence-electron chi connectivity index (χ2n) is 8.76. The Kier molecular flexibility index (Phi) is 22.8. The fourth-order valence-electron chi connectivity index (χ4n) is 3.53. The van der Waals surface area contributed by atoms with Crippen LogP contribution in [0.2, 0.25) is 0 Å². The molecule has 0 aliphatic carbocycles. The molecule has 0 saturated carbocycles. The molecule has 0 aromatic heterocycles. The highest BCUT2D eigenvalue weighted by Crippen LogP contribution is 2.46. The van der Waals surface area contributed by atoms with E-state index in [1.54, 1.807) is 0 Å². The zero-order chi connectivity index (χ0) is 23.9. The molecule has 0 aromatic rings. The van der Waals surface area contributed by atoms with Crippen molar-refractivity contribution in [3.05, 3.63) is 0 Å². The van der Waals surface area contributed by atoms with Gasteiger partial charge in [-0.1, -0.05) is 103 Å². The Labute approximate surface area is 196 Å². The average molecular weight is 483 g/mol. The van der Waals surface area contributed by atoms with Gasteiger partial charge in [0, 0.05) is 13.7 Å². The molecule has 0 rings (SSSR count). The predicted octanol–water partition coefficient (Wildman–Crippen LogP) is 5.79. The van der Waals surface area contributed by atoms with Gasteiger partial charge in [-0.05, 0) is 6.42 Å². The third-order valence-electron chi connectivity index (χ3n) is 5.76. The number of aliphatic hydroxyl groups is 2. The van der Waals surface area contributed by atoms with Crippen molar-refractivity contribution in [2.24, 2.45) is 0 Å². The molecule has 3 atom stereocenters. The zero-order valence-corrected chi connectivity index (χ0v) is 21.6. The lowest BCUT2D eigenvalue weighted by molar-refractivity contribution is -0.0196. The van der Waals surface area contributed by atoms with Gasteiger partial charge in [0.25, 0.3) is 0 Å². The largest absolute Gasteiger partial charge is 0.393 e. The van der Waals surface area contributed by atoms with Crippen molar-refractivity contribution in [2.75, 3.05) is 33.5 Å². The van der Waals surface area contributed by atoms with Crippen LogP contribution in [0.1, 0.15) is 110 Å². The van der Waals surface area contributed by atoms with Crippen molar-refractivity contribution in [3.63, 3.8) is 0 Å². The average Bonchev–Trinajstić information content (AvgIpc) is 2.79. The van der Waals surface area contributed by atoms with Gasteiger partial charge in [0.1, 0.15) is 6.10 Å². The van der Waals surface area contributed by atoms with E-state index in [1.807, 2.05) is 0 Å². The molecule has 8 heteroatoms. The van der Waals surface area contributed by atoms with E-state index in [2.05, 4.69) is 6.92 Å². The smallest absolute Gasteiger partial charge is 0.358 e. The van der Waals surface area contributed by atoms with Crippen molar-refractivity contribution in [1.29, 1.82) is 0 Å². The van der Waals surface area contributed by atoms with E-state index in [0.717, 1.165) is 12.8 Å². The van der Waals surface area contributed by atoms with Gasteiger partial charge in [0.2, 0.25) is 0 Å². The Balaban J connectivity index is 3.40. The van der Waals surface area contributed by atoms with Crippen molar-refractivity contribution < 1.29 is 33.7 Å². The van der Waals surface area contributed by atoms with Crippen molar-refractivity contribution >= 4 is 7.60 Å². The maximum absolute atomic E-state index is 11.6. The summed E-state index contributed by atoms with van der Waals surface area (Å²) in [5, 5.41) is 18.0. The molecule has 0 aliphatic rings. The number of ether oxygens (including phenoxy) is 2. The fraction of sp³-hybridized carbons (Fsp3) is 1.00. The predicted molar refractivity (Wildman–Crippen MR) is 130 cm³/mol. The molecule has 0 fully saturated rings. The molecule has 7 nitrogen and oxygen atoms in total. The molecule has 194 valence electrons. The van der Waals surface area contributed by atoms with E-state index in [9.17, 15) is 14.6 Å². The molecule has 32 heavy (non-hydrogen) atoms. The summed E-state index contributed by atoms with van der Waals surface area (Å²) < 4.78 is 27.2. The van der Waals surface area contributed by atoms with Gasteiger partial charge >= 0.3 is 7.60 Å². The van der Waals surface area contributed by atoms with Gasteiger partial charge in [0.05, 0.1) is 19.8 Å². The quantitative estimate of drug-likeness (QED) is 0.112. The van der Waals surface area contributed by atoms with Crippen molar-refractivity contribution in [3.8, 4) is 0 Å². The third kappa shape index (κ3) is 19.5. The van der Waals surface area contributed by atoms with Crippen LogP contribution in [0.4, 0.5) is 0 Å². The second-order valence-corrected chi connectivity index (χ2v) is 10.7. The molecule has 0 bridgehead atoms. The van der Waals surface area contributed by atoms with Crippen LogP contribution in [-0.2, 0) is 18.6 Å². The molecule has 0 aromatic carbocycles. The molecule has 0 saturated heterocycles. The highest BCUT2D eigenvalue weighted by atomic mass is 31.2. The Morgan fingerprint density at radius 3 is 1.59 bits per heavy atom. The molecular weight excluding hydrogens is 431 g/mol. The van der Waals surface area contributed by atoms with Gasteiger partial charge in [-0.25, -0.2) is 0 Å². The Morgan fingerprint density at radius 1 is 0.750 bits per heavy atom. The number of unbranched alkanes of at least 4 members (excludes halogenated alkanes) is 15. The van der Waals surface area contributed by atoms with E-state index in [0.29, 0.717) is 6.61 Å². The minimum atomic E-state index is -4.26. The number of hydrogen-bond donors (Lipinski definition) is 3. The molecular formula is C24H51O7P. The SMILES string of the molecule is CCCCCCCCCCCCCCCCCCOC[C@H](COP(=O)(O)C(O)CO)OC. The van der Waals surface area contributed by atoms with Crippen LogP contribution in [0.25, 0.3) is 0 Å². The van der Waals surface area contributed by atoms with Gasteiger partial charge in [-0.2, -0.15) is 0 Å². The molecule has 0 spiro atoms. The summed E-state index contributed by atoms with van der Waals surface area (Å²) in [5.41, 5.74) is 0. The van der Waals surface area contributed by atoms with Gasteiger partial charge in [0.15, 0.2) is 5.85 Å². The van der Waals surface area contributed by atoms with E-state index in [1.165, 1.54) is 97.0 Å². The van der Waals surface area contributed by atoms with E-state index >= 15 is 0 Å². The number of rotatable bonds is 25. The second kappa shape index (κ2) is 22.8. The first kappa shape index (κ1) is 32.0. The monoisotopic (exact) mass is 482 g/mol. The first-order chi connectivity index (χ1) is 15.5. The van der Waals surface area contributed by atoms with Gasteiger partial charge in [-0.15, -0.1) is 0 Å². The summed E-state index contributed by atoms with van der Waals surface area (Å²) in [6, 6.07) is 0. The van der Waals surface area contributed by atoms with Gasteiger partial charge < -0.3 is 29.1 Å². The van der Waals surface area contributed by atoms with Crippen molar-refractivity contribution in [1.82, 2.24) is 0 Å². The minimum absolute atomic E-state index is 0.180. The fourth-order valence-corrected chi connectivity index (χ4v) is 4.29. The van der Waals surface area contributed by atoms with Crippen LogP contribution >= 0.6 is 7.60 Å². The normalized spacial score (nSPS) is 15.5. The zero-order valence-electron chi connectivity index (χ0n) is 20.7. The molecule has 0 heterocycles. The first-order valence-corrected chi connectivity index (χ1v) is 14.5. The lowest BCUT2D eigenvalue weighted by Gasteiger charge is -2.20. The van der Waals surface area contributed by atoms with Crippen LogP contribution in [0.15, 0.2) is 0 Å². The molecule has 0 amide bonds. The number of methoxy groups -OCH3 is 1. The van der Waals surface area contributed by atoms with Crippen LogP contribution in [-0.4, -0.2) is 60.6 Å². The highest BCUT2D eigenvalue weighted by molar-refractivity contribution is 7.53.